The van der Waals surface area contributed by atoms with Crippen LogP contribution in [0.15, 0.2) is 46.8 Å². The van der Waals surface area contributed by atoms with Gasteiger partial charge in [0.05, 0.1) is 18.1 Å². The summed E-state index contributed by atoms with van der Waals surface area (Å²) in [5.41, 5.74) is 2.65. The molecule has 1 aromatic carbocycles. The second-order valence-electron chi connectivity index (χ2n) is 8.37. The van der Waals surface area contributed by atoms with Crippen molar-refractivity contribution in [2.24, 2.45) is 5.41 Å². The van der Waals surface area contributed by atoms with Crippen molar-refractivity contribution >= 4 is 17.7 Å². The number of benzene rings is 1. The number of ether oxygens (including phenoxy) is 2. The van der Waals surface area contributed by atoms with Crippen molar-refractivity contribution in [1.29, 1.82) is 0 Å². The van der Waals surface area contributed by atoms with Crippen LogP contribution in [0.25, 0.3) is 0 Å². The first-order chi connectivity index (χ1) is 14.1. The number of esters is 1. The second kappa shape index (κ2) is 8.34. The fourth-order valence-electron chi connectivity index (χ4n) is 4.22. The Bertz CT molecular complexity index is 956. The van der Waals surface area contributed by atoms with Gasteiger partial charge in [0, 0.05) is 29.0 Å². The largest absolute Gasteiger partial charge is 0.482 e. The summed E-state index contributed by atoms with van der Waals surface area (Å²) in [7, 11) is 0. The van der Waals surface area contributed by atoms with Crippen LogP contribution in [0.5, 0.6) is 5.75 Å². The number of rotatable bonds is 6. The second-order valence-corrected chi connectivity index (χ2v) is 8.37. The predicted octanol–water partition coefficient (Wildman–Crippen LogP) is 3.32. The number of ketones is 1. The van der Waals surface area contributed by atoms with Crippen LogP contribution in [-0.4, -0.2) is 36.0 Å². The van der Waals surface area contributed by atoms with Crippen molar-refractivity contribution in [3.63, 3.8) is 0 Å². The zero-order valence-corrected chi connectivity index (χ0v) is 17.7. The van der Waals surface area contributed by atoms with Gasteiger partial charge in [0.15, 0.2) is 12.4 Å². The van der Waals surface area contributed by atoms with Crippen LogP contribution in [0.4, 0.5) is 0 Å². The summed E-state index contributed by atoms with van der Waals surface area (Å²) < 4.78 is 10.8. The van der Waals surface area contributed by atoms with Gasteiger partial charge >= 0.3 is 11.9 Å². The van der Waals surface area contributed by atoms with Crippen LogP contribution in [0.1, 0.15) is 52.0 Å². The molecular weight excluding hydrogens is 386 g/mol. The molecule has 7 nitrogen and oxygen atoms in total. The number of dihydropyridines is 1. The van der Waals surface area contributed by atoms with E-state index < -0.39 is 24.5 Å². The maximum Gasteiger partial charge on any atom is 0.341 e. The summed E-state index contributed by atoms with van der Waals surface area (Å²) in [4.78, 5) is 37.2. The van der Waals surface area contributed by atoms with E-state index in [4.69, 9.17) is 14.6 Å². The average Bonchev–Trinajstić information content (AvgIpc) is 2.64. The molecule has 1 heterocycles. The van der Waals surface area contributed by atoms with Gasteiger partial charge in [0.1, 0.15) is 5.75 Å². The van der Waals surface area contributed by atoms with Crippen LogP contribution in [-0.2, 0) is 19.1 Å². The number of allylic oxidation sites excluding steroid dienone is 3. The van der Waals surface area contributed by atoms with E-state index in [-0.39, 0.29) is 17.8 Å². The number of carboxylic acids is 1. The molecule has 7 heteroatoms. The molecule has 0 fully saturated rings. The van der Waals surface area contributed by atoms with E-state index in [9.17, 15) is 14.4 Å². The van der Waals surface area contributed by atoms with E-state index in [0.717, 1.165) is 5.70 Å². The van der Waals surface area contributed by atoms with Gasteiger partial charge in [-0.25, -0.2) is 9.59 Å². The topological polar surface area (TPSA) is 102 Å². The number of para-hydroxylation sites is 1. The van der Waals surface area contributed by atoms with Crippen LogP contribution >= 0.6 is 0 Å². The molecule has 2 aliphatic rings. The lowest BCUT2D eigenvalue weighted by Crippen LogP contribution is -2.38. The minimum absolute atomic E-state index is 0.0407. The third kappa shape index (κ3) is 4.25. The van der Waals surface area contributed by atoms with E-state index in [1.165, 1.54) is 0 Å². The molecule has 0 radical (unpaired) electrons. The quantitative estimate of drug-likeness (QED) is 0.690. The lowest BCUT2D eigenvalue weighted by molar-refractivity contribution is -0.140. The van der Waals surface area contributed by atoms with Gasteiger partial charge in [0.25, 0.3) is 0 Å². The summed E-state index contributed by atoms with van der Waals surface area (Å²) in [6, 6.07) is 6.91. The molecule has 0 spiro atoms. The first-order valence-electron chi connectivity index (χ1n) is 9.99. The van der Waals surface area contributed by atoms with Crippen LogP contribution in [0, 0.1) is 5.41 Å². The summed E-state index contributed by atoms with van der Waals surface area (Å²) in [6.07, 6.45) is 1.02. The minimum atomic E-state index is -1.11. The summed E-state index contributed by atoms with van der Waals surface area (Å²) in [5, 5.41) is 12.3. The van der Waals surface area contributed by atoms with Crippen molar-refractivity contribution in [1.82, 2.24) is 5.32 Å². The number of carbonyl (C=O) groups is 3. The first-order valence-corrected chi connectivity index (χ1v) is 9.99. The van der Waals surface area contributed by atoms with Crippen molar-refractivity contribution < 1.29 is 29.0 Å². The molecule has 1 unspecified atom stereocenters. The zero-order valence-electron chi connectivity index (χ0n) is 17.7. The molecule has 3 rings (SSSR count). The van der Waals surface area contributed by atoms with Crippen molar-refractivity contribution in [2.45, 2.75) is 46.5 Å². The highest BCUT2D eigenvalue weighted by Gasteiger charge is 2.43. The highest BCUT2D eigenvalue weighted by atomic mass is 16.5. The molecule has 0 amide bonds. The van der Waals surface area contributed by atoms with E-state index in [1.54, 1.807) is 38.1 Å². The molecule has 1 aromatic rings. The van der Waals surface area contributed by atoms with E-state index in [2.05, 4.69) is 5.32 Å². The Morgan fingerprint density at radius 3 is 2.60 bits per heavy atom. The zero-order chi connectivity index (χ0) is 22.1. The Labute approximate surface area is 175 Å². The monoisotopic (exact) mass is 413 g/mol. The van der Waals surface area contributed by atoms with E-state index >= 15 is 0 Å². The van der Waals surface area contributed by atoms with Gasteiger partial charge in [-0.05, 0) is 31.7 Å². The molecule has 0 saturated carbocycles. The van der Waals surface area contributed by atoms with Gasteiger partial charge in [-0.2, -0.15) is 0 Å². The smallest absolute Gasteiger partial charge is 0.341 e. The number of carbonyl (C=O) groups excluding carboxylic acids is 2. The average molecular weight is 413 g/mol. The molecule has 0 bridgehead atoms. The van der Waals surface area contributed by atoms with E-state index in [1.807, 2.05) is 13.8 Å². The van der Waals surface area contributed by atoms with Crippen LogP contribution in [0.2, 0.25) is 0 Å². The molecular formula is C23H27NO6. The van der Waals surface area contributed by atoms with Crippen molar-refractivity contribution in [3.05, 3.63) is 52.4 Å². The van der Waals surface area contributed by atoms with Crippen LogP contribution < -0.4 is 10.1 Å². The normalized spacial score (nSPS) is 20.4. The Morgan fingerprint density at radius 1 is 1.23 bits per heavy atom. The van der Waals surface area contributed by atoms with Gasteiger partial charge in [-0.15, -0.1) is 0 Å². The Morgan fingerprint density at radius 2 is 1.93 bits per heavy atom. The molecule has 2 N–H and O–H groups in total. The Balaban J connectivity index is 2.18. The lowest BCUT2D eigenvalue weighted by atomic mass is 9.68. The van der Waals surface area contributed by atoms with Gasteiger partial charge < -0.3 is 19.9 Å². The minimum Gasteiger partial charge on any atom is -0.482 e. The summed E-state index contributed by atoms with van der Waals surface area (Å²) >= 11 is 0. The van der Waals surface area contributed by atoms with Crippen LogP contribution in [0.3, 0.4) is 0 Å². The predicted molar refractivity (Wildman–Crippen MR) is 110 cm³/mol. The molecule has 1 aliphatic heterocycles. The third-order valence-corrected chi connectivity index (χ3v) is 5.32. The highest BCUT2D eigenvalue weighted by Crippen LogP contribution is 2.48. The molecule has 0 saturated heterocycles. The number of Topliss-reactive ketones (excluding diaryl/α,β-unsaturated/α-hetero) is 1. The maximum absolute atomic E-state index is 13.2. The first kappa shape index (κ1) is 21.6. The number of hydrogen-bond acceptors (Lipinski definition) is 6. The van der Waals surface area contributed by atoms with Gasteiger partial charge in [0.2, 0.25) is 0 Å². The Hall–Kier alpha value is -3.09. The van der Waals surface area contributed by atoms with Crippen molar-refractivity contribution in [3.8, 4) is 5.75 Å². The third-order valence-electron chi connectivity index (χ3n) is 5.32. The maximum atomic E-state index is 13.2. The fourth-order valence-corrected chi connectivity index (χ4v) is 4.22. The number of carboxylic acid groups (broad SMARTS) is 1. The summed E-state index contributed by atoms with van der Waals surface area (Å²) in [6.45, 7) is 7.26. The van der Waals surface area contributed by atoms with Gasteiger partial charge in [-0.1, -0.05) is 32.0 Å². The molecule has 1 aliphatic carbocycles. The number of hydrogen-bond donors (Lipinski definition) is 2. The molecule has 0 aromatic heterocycles. The van der Waals surface area contributed by atoms with E-state index in [0.29, 0.717) is 41.0 Å². The molecule has 1 atom stereocenters. The highest BCUT2D eigenvalue weighted by molar-refractivity contribution is 6.04. The summed E-state index contributed by atoms with van der Waals surface area (Å²) in [5.74, 6) is -2.02. The number of aliphatic carboxylic acids is 1. The standard InChI is InChI=1S/C23H27NO6/c1-5-29-22(28)19-13(2)24-15-10-23(3,4)11-16(25)21(15)20(19)14-8-6-7-9-17(14)30-12-18(26)27/h6-9,20,24H,5,10-12H2,1-4H3,(H,26,27). The molecule has 30 heavy (non-hydrogen) atoms. The SMILES string of the molecule is CCOC(=O)C1=C(C)NC2=C(C(=O)CC(C)(C)C2)C1c1ccccc1OCC(=O)O. The van der Waals surface area contributed by atoms with Crippen molar-refractivity contribution in [2.75, 3.05) is 13.2 Å². The lowest BCUT2D eigenvalue weighted by Gasteiger charge is -2.39. The Kier molecular flexibility index (Phi) is 6.01. The number of nitrogens with one attached hydrogen (secondary N) is 1. The van der Waals surface area contributed by atoms with Gasteiger partial charge in [-0.3, -0.25) is 4.79 Å². The molecule has 160 valence electrons. The fraction of sp³-hybridized carbons (Fsp3) is 0.435.